The minimum atomic E-state index is -4.72. The summed E-state index contributed by atoms with van der Waals surface area (Å²) in [6.45, 7) is 3.97. The molecule has 0 spiro atoms. The summed E-state index contributed by atoms with van der Waals surface area (Å²) in [6, 6.07) is 17.4. The van der Waals surface area contributed by atoms with Crippen molar-refractivity contribution in [1.82, 2.24) is 20.1 Å². The van der Waals surface area contributed by atoms with Gasteiger partial charge in [0.1, 0.15) is 5.75 Å². The molecule has 2 N–H and O–H groups in total. The number of halogens is 3. The molecule has 2 fully saturated rings. The number of piperidine rings is 1. The van der Waals surface area contributed by atoms with Crippen LogP contribution in [0.15, 0.2) is 71.4 Å². The molecular weight excluding hydrogens is 545 g/mol. The van der Waals surface area contributed by atoms with Crippen LogP contribution in [0.5, 0.6) is 5.75 Å². The van der Waals surface area contributed by atoms with Crippen molar-refractivity contribution in [1.29, 1.82) is 0 Å². The van der Waals surface area contributed by atoms with Crippen LogP contribution in [-0.2, 0) is 0 Å². The SMILES string of the molecule is Cc1ccn(-c2ccc(N3CCC[C@H](NC4CCCCC4Nc4ncc(-c5ccc(OC(F)(F)F)cc5)o4)C3)cc2)n1. The third-order valence-corrected chi connectivity index (χ3v) is 8.03. The van der Waals surface area contributed by atoms with Crippen LogP contribution in [0, 0.1) is 6.92 Å². The van der Waals surface area contributed by atoms with Gasteiger partial charge >= 0.3 is 6.36 Å². The van der Waals surface area contributed by atoms with Gasteiger partial charge in [0, 0.05) is 48.7 Å². The van der Waals surface area contributed by atoms with E-state index in [1.54, 1.807) is 6.20 Å². The first-order valence-corrected chi connectivity index (χ1v) is 14.5. The molecule has 2 unspecified atom stereocenters. The average molecular weight is 581 g/mol. The molecule has 2 aliphatic rings. The first-order chi connectivity index (χ1) is 20.3. The van der Waals surface area contributed by atoms with Crippen LogP contribution in [-0.4, -0.2) is 52.3 Å². The molecule has 4 aromatic rings. The van der Waals surface area contributed by atoms with Crippen LogP contribution in [0.2, 0.25) is 0 Å². The zero-order valence-corrected chi connectivity index (χ0v) is 23.5. The second-order valence-electron chi connectivity index (χ2n) is 11.1. The molecule has 0 amide bonds. The standard InChI is InChI=1S/C31H35F3N6O2/c1-21-16-18-40(38-21)25-12-10-24(11-13-25)39-17-4-5-23(20-39)36-27-6-2-3-7-28(27)37-30-35-19-29(41-30)22-8-14-26(15-9-22)42-31(32,33)34/h8-16,18-19,23,27-28,36H,2-7,17,20H2,1H3,(H,35,37)/t23-,27?,28?/m0/s1. The van der Waals surface area contributed by atoms with Gasteiger partial charge in [0.25, 0.3) is 6.01 Å². The molecule has 1 saturated heterocycles. The molecule has 1 aliphatic carbocycles. The highest BCUT2D eigenvalue weighted by Gasteiger charge is 2.32. The second-order valence-corrected chi connectivity index (χ2v) is 11.1. The third kappa shape index (κ3) is 6.89. The van der Waals surface area contributed by atoms with Gasteiger partial charge in [0.2, 0.25) is 0 Å². The molecule has 2 aromatic heterocycles. The van der Waals surface area contributed by atoms with Crippen LogP contribution in [0.25, 0.3) is 17.0 Å². The first kappa shape index (κ1) is 28.1. The van der Waals surface area contributed by atoms with Gasteiger partial charge in [-0.05, 0) is 87.2 Å². The van der Waals surface area contributed by atoms with E-state index >= 15 is 0 Å². The normalized spacial score (nSPS) is 21.3. The van der Waals surface area contributed by atoms with Gasteiger partial charge in [0.15, 0.2) is 5.76 Å². The van der Waals surface area contributed by atoms with Gasteiger partial charge < -0.3 is 24.7 Å². The van der Waals surface area contributed by atoms with E-state index in [1.165, 1.54) is 36.4 Å². The predicted octanol–water partition coefficient (Wildman–Crippen LogP) is 6.72. The molecule has 2 aromatic carbocycles. The lowest BCUT2D eigenvalue weighted by Gasteiger charge is -2.40. The summed E-state index contributed by atoms with van der Waals surface area (Å²) >= 11 is 0. The van der Waals surface area contributed by atoms with Crippen LogP contribution in [0.4, 0.5) is 24.9 Å². The van der Waals surface area contributed by atoms with E-state index in [4.69, 9.17) is 4.42 Å². The molecule has 0 bridgehead atoms. The number of aromatic nitrogens is 3. The highest BCUT2D eigenvalue weighted by atomic mass is 19.4. The van der Waals surface area contributed by atoms with Crippen molar-refractivity contribution in [2.24, 2.45) is 0 Å². The van der Waals surface area contributed by atoms with Gasteiger partial charge in [-0.15, -0.1) is 13.2 Å². The van der Waals surface area contributed by atoms with Crippen molar-refractivity contribution in [2.45, 2.75) is 69.9 Å². The summed E-state index contributed by atoms with van der Waals surface area (Å²) < 4.78 is 49.2. The van der Waals surface area contributed by atoms with E-state index in [2.05, 4.69) is 54.6 Å². The molecule has 1 aliphatic heterocycles. The van der Waals surface area contributed by atoms with Crippen LogP contribution >= 0.6 is 0 Å². The number of anilines is 2. The fraction of sp³-hybridized carbons (Fsp3) is 0.419. The van der Waals surface area contributed by atoms with E-state index in [0.29, 0.717) is 23.4 Å². The molecule has 1 saturated carbocycles. The first-order valence-electron chi connectivity index (χ1n) is 14.5. The molecule has 8 nitrogen and oxygen atoms in total. The van der Waals surface area contributed by atoms with E-state index in [0.717, 1.165) is 56.6 Å². The molecule has 0 radical (unpaired) electrons. The maximum Gasteiger partial charge on any atom is 0.573 e. The molecule has 3 heterocycles. The summed E-state index contributed by atoms with van der Waals surface area (Å²) in [5.41, 5.74) is 3.89. The number of nitrogens with one attached hydrogen (secondary N) is 2. The molecule has 3 atom stereocenters. The summed E-state index contributed by atoms with van der Waals surface area (Å²) in [4.78, 5) is 6.85. The topological polar surface area (TPSA) is 80.4 Å². The average Bonchev–Trinajstić information content (AvgIpc) is 3.63. The van der Waals surface area contributed by atoms with Crippen molar-refractivity contribution in [3.63, 3.8) is 0 Å². The largest absolute Gasteiger partial charge is 0.573 e. The van der Waals surface area contributed by atoms with Gasteiger partial charge in [-0.3, -0.25) is 0 Å². The Morgan fingerprint density at radius 3 is 2.36 bits per heavy atom. The van der Waals surface area contributed by atoms with E-state index in [1.807, 2.05) is 23.9 Å². The van der Waals surface area contributed by atoms with Gasteiger partial charge in [0.05, 0.1) is 17.6 Å². The maximum atomic E-state index is 12.5. The molecule has 222 valence electrons. The number of nitrogens with zero attached hydrogens (tertiary/aromatic N) is 4. The zero-order valence-electron chi connectivity index (χ0n) is 23.5. The Bertz CT molecular complexity index is 1450. The van der Waals surface area contributed by atoms with E-state index in [-0.39, 0.29) is 17.8 Å². The minimum absolute atomic E-state index is 0.167. The lowest BCUT2D eigenvalue weighted by atomic mass is 9.89. The smallest absolute Gasteiger partial charge is 0.424 e. The number of ether oxygens (including phenoxy) is 1. The summed E-state index contributed by atoms with van der Waals surface area (Å²) in [5, 5.41) is 11.9. The number of alkyl halides is 3. The number of aryl methyl sites for hydroxylation is 1. The monoisotopic (exact) mass is 580 g/mol. The number of hydrogen-bond donors (Lipinski definition) is 2. The Labute approximate surface area is 242 Å². The van der Waals surface area contributed by atoms with E-state index in [9.17, 15) is 13.2 Å². The predicted molar refractivity (Wildman–Crippen MR) is 155 cm³/mol. The summed E-state index contributed by atoms with van der Waals surface area (Å²) in [7, 11) is 0. The Kier molecular flexibility index (Phi) is 8.10. The van der Waals surface area contributed by atoms with Crippen LogP contribution in [0.1, 0.15) is 44.2 Å². The van der Waals surface area contributed by atoms with Crippen molar-refractivity contribution >= 4 is 11.7 Å². The zero-order chi connectivity index (χ0) is 29.1. The van der Waals surface area contributed by atoms with E-state index < -0.39 is 6.36 Å². The van der Waals surface area contributed by atoms with Gasteiger partial charge in [-0.2, -0.15) is 5.10 Å². The fourth-order valence-electron chi connectivity index (χ4n) is 5.98. The Morgan fingerprint density at radius 2 is 1.64 bits per heavy atom. The Hall–Kier alpha value is -3.99. The van der Waals surface area contributed by atoms with Crippen molar-refractivity contribution in [3.05, 3.63) is 72.7 Å². The molecular formula is C31H35F3N6O2. The number of rotatable bonds is 8. The fourth-order valence-corrected chi connectivity index (χ4v) is 5.98. The third-order valence-electron chi connectivity index (χ3n) is 8.03. The maximum absolute atomic E-state index is 12.5. The molecule has 11 heteroatoms. The van der Waals surface area contributed by atoms with Crippen molar-refractivity contribution in [3.8, 4) is 22.8 Å². The highest BCUT2D eigenvalue weighted by Crippen LogP contribution is 2.30. The highest BCUT2D eigenvalue weighted by molar-refractivity contribution is 5.58. The molecule has 6 rings (SSSR count). The van der Waals surface area contributed by atoms with Crippen molar-refractivity contribution in [2.75, 3.05) is 23.3 Å². The van der Waals surface area contributed by atoms with Crippen LogP contribution in [0.3, 0.4) is 0 Å². The summed E-state index contributed by atoms with van der Waals surface area (Å²) in [5.74, 6) is 0.204. The lowest BCUT2D eigenvalue weighted by molar-refractivity contribution is -0.274. The van der Waals surface area contributed by atoms with Gasteiger partial charge in [-0.1, -0.05) is 12.8 Å². The Morgan fingerprint density at radius 1 is 0.905 bits per heavy atom. The molecule has 42 heavy (non-hydrogen) atoms. The summed E-state index contributed by atoms with van der Waals surface area (Å²) in [6.07, 6.45) is 5.46. The lowest BCUT2D eigenvalue weighted by Crippen LogP contribution is -2.54. The Balaban J connectivity index is 1.06. The number of hydrogen-bond acceptors (Lipinski definition) is 7. The number of oxazole rings is 1. The quantitative estimate of drug-likeness (QED) is 0.240. The van der Waals surface area contributed by atoms with Crippen LogP contribution < -0.4 is 20.3 Å². The number of benzene rings is 2. The minimum Gasteiger partial charge on any atom is -0.424 e. The van der Waals surface area contributed by atoms with Gasteiger partial charge in [-0.25, -0.2) is 9.67 Å². The van der Waals surface area contributed by atoms with Crippen molar-refractivity contribution < 1.29 is 22.3 Å². The second kappa shape index (κ2) is 12.1.